The normalized spacial score (nSPS) is 30.5. The Morgan fingerprint density at radius 1 is 0.635 bits per heavy atom. The van der Waals surface area contributed by atoms with Crippen LogP contribution < -0.4 is 0 Å². The summed E-state index contributed by atoms with van der Waals surface area (Å²) < 4.78 is 32.9. The maximum Gasteiger partial charge on any atom is 0.306 e. The van der Waals surface area contributed by atoms with E-state index in [2.05, 4.69) is 37.3 Å². The standard InChI is InChI=1S/C37H60O15/c1-3-5-7-8-9-10-11-12-13-14-15-16-18-20-29(40)50-25(22-47-28(39)19-17-6-4-2)23-48-36-35(46)33(44)31(42)27(52-36)24-49-37-34(45)32(43)30(41)26(21-38)51-37/h5,7,9-10,12-13,15-16,25-27,30-38,41-46H,3-4,6,8,11,14,17-24H2,1-2H3/b7-5-,10-9-,13-12-,16-15-. The molecule has 298 valence electrons. The van der Waals surface area contributed by atoms with Crippen LogP contribution in [0.25, 0.3) is 0 Å². The van der Waals surface area contributed by atoms with Crippen molar-refractivity contribution in [1.82, 2.24) is 0 Å². The van der Waals surface area contributed by atoms with Crippen molar-refractivity contribution in [2.24, 2.45) is 0 Å². The average molecular weight is 745 g/mol. The van der Waals surface area contributed by atoms with Crippen LogP contribution in [0.5, 0.6) is 0 Å². The van der Waals surface area contributed by atoms with E-state index in [1.165, 1.54) is 0 Å². The quantitative estimate of drug-likeness (QED) is 0.0419. The van der Waals surface area contributed by atoms with E-state index in [4.69, 9.17) is 28.4 Å². The smallest absolute Gasteiger partial charge is 0.306 e. The first-order valence-corrected chi connectivity index (χ1v) is 18.2. The fourth-order valence-electron chi connectivity index (χ4n) is 5.23. The van der Waals surface area contributed by atoms with Crippen LogP contribution in [0, 0.1) is 0 Å². The van der Waals surface area contributed by atoms with Crippen LogP contribution in [0.2, 0.25) is 0 Å². The molecular formula is C37H60O15. The predicted molar refractivity (Wildman–Crippen MR) is 187 cm³/mol. The number of esters is 2. The Hall–Kier alpha value is -2.54. The van der Waals surface area contributed by atoms with E-state index in [-0.39, 0.29) is 19.4 Å². The molecule has 0 bridgehead atoms. The zero-order valence-corrected chi connectivity index (χ0v) is 30.3. The fraction of sp³-hybridized carbons (Fsp3) is 0.730. The Kier molecular flexibility index (Phi) is 23.0. The second-order valence-corrected chi connectivity index (χ2v) is 12.7. The minimum Gasteiger partial charge on any atom is -0.462 e. The molecule has 0 saturated carbocycles. The van der Waals surface area contributed by atoms with Crippen molar-refractivity contribution in [3.63, 3.8) is 0 Å². The number of hydrogen-bond donors (Lipinski definition) is 7. The number of carbonyl (C=O) groups is 2. The van der Waals surface area contributed by atoms with E-state index in [1.807, 2.05) is 25.2 Å². The van der Waals surface area contributed by atoms with Crippen molar-refractivity contribution in [3.05, 3.63) is 48.6 Å². The largest absolute Gasteiger partial charge is 0.462 e. The molecule has 0 aromatic heterocycles. The molecule has 15 heteroatoms. The number of hydrogen-bond acceptors (Lipinski definition) is 15. The molecule has 0 aromatic rings. The van der Waals surface area contributed by atoms with Crippen molar-refractivity contribution in [3.8, 4) is 0 Å². The van der Waals surface area contributed by atoms with Crippen LogP contribution in [0.15, 0.2) is 48.6 Å². The Morgan fingerprint density at radius 2 is 1.19 bits per heavy atom. The third kappa shape index (κ3) is 16.6. The molecule has 0 aliphatic carbocycles. The summed E-state index contributed by atoms with van der Waals surface area (Å²) in [4.78, 5) is 25.0. The summed E-state index contributed by atoms with van der Waals surface area (Å²) in [6.07, 6.45) is 5.90. The lowest BCUT2D eigenvalue weighted by Crippen LogP contribution is -2.61. The van der Waals surface area contributed by atoms with Gasteiger partial charge in [0.2, 0.25) is 0 Å². The molecular weight excluding hydrogens is 684 g/mol. The Bertz CT molecular complexity index is 1110. The van der Waals surface area contributed by atoms with Gasteiger partial charge in [0.05, 0.1) is 19.8 Å². The number of aliphatic hydroxyl groups excluding tert-OH is 7. The molecule has 0 spiro atoms. The molecule has 52 heavy (non-hydrogen) atoms. The summed E-state index contributed by atoms with van der Waals surface area (Å²) in [5, 5.41) is 71.2. The van der Waals surface area contributed by atoms with Gasteiger partial charge in [0, 0.05) is 12.8 Å². The van der Waals surface area contributed by atoms with E-state index in [9.17, 15) is 45.3 Å². The molecule has 15 nitrogen and oxygen atoms in total. The van der Waals surface area contributed by atoms with Crippen LogP contribution in [0.3, 0.4) is 0 Å². The number of aliphatic hydroxyl groups is 7. The number of carbonyl (C=O) groups excluding carboxylic acids is 2. The SMILES string of the molecule is CC/C=C\C/C=C\C/C=C\C/C=C\CCC(=O)OC(COC(=O)CCCCC)COC1OC(COC2OC(CO)C(O)C(O)C2O)C(O)C(O)C1O. The van der Waals surface area contributed by atoms with E-state index in [1.54, 1.807) is 0 Å². The van der Waals surface area contributed by atoms with Crippen LogP contribution in [0.1, 0.15) is 78.1 Å². The van der Waals surface area contributed by atoms with Crippen molar-refractivity contribution in [2.75, 3.05) is 26.4 Å². The molecule has 0 radical (unpaired) electrons. The van der Waals surface area contributed by atoms with Gasteiger partial charge in [-0.2, -0.15) is 0 Å². The molecule has 2 saturated heterocycles. The molecule has 7 N–H and O–H groups in total. The highest BCUT2D eigenvalue weighted by Crippen LogP contribution is 2.26. The number of allylic oxidation sites excluding steroid dienone is 8. The highest BCUT2D eigenvalue weighted by Gasteiger charge is 2.47. The lowest BCUT2D eigenvalue weighted by Gasteiger charge is -2.42. The van der Waals surface area contributed by atoms with Crippen LogP contribution >= 0.6 is 0 Å². The predicted octanol–water partition coefficient (Wildman–Crippen LogP) is 1.25. The summed E-state index contributed by atoms with van der Waals surface area (Å²) in [7, 11) is 0. The topological polar surface area (TPSA) is 231 Å². The summed E-state index contributed by atoms with van der Waals surface area (Å²) >= 11 is 0. The zero-order valence-electron chi connectivity index (χ0n) is 30.3. The van der Waals surface area contributed by atoms with Gasteiger partial charge in [-0.3, -0.25) is 9.59 Å². The van der Waals surface area contributed by atoms with Gasteiger partial charge in [-0.15, -0.1) is 0 Å². The molecule has 0 amide bonds. The molecule has 2 fully saturated rings. The molecule has 2 heterocycles. The van der Waals surface area contributed by atoms with Crippen LogP contribution in [0.4, 0.5) is 0 Å². The van der Waals surface area contributed by atoms with Gasteiger partial charge in [0.25, 0.3) is 0 Å². The van der Waals surface area contributed by atoms with Crippen molar-refractivity contribution < 1.29 is 73.8 Å². The van der Waals surface area contributed by atoms with Crippen LogP contribution in [-0.4, -0.2) is 142 Å². The lowest BCUT2D eigenvalue weighted by atomic mass is 9.98. The van der Waals surface area contributed by atoms with E-state index in [0.29, 0.717) is 19.3 Å². The minimum atomic E-state index is -1.77. The molecule has 2 rings (SSSR count). The third-order valence-electron chi connectivity index (χ3n) is 8.33. The van der Waals surface area contributed by atoms with Gasteiger partial charge in [0.15, 0.2) is 18.7 Å². The second-order valence-electron chi connectivity index (χ2n) is 12.7. The molecule has 11 atom stereocenters. The highest BCUT2D eigenvalue weighted by atomic mass is 16.7. The maximum absolute atomic E-state index is 12.7. The van der Waals surface area contributed by atoms with Crippen LogP contribution in [-0.2, 0) is 38.0 Å². The summed E-state index contributed by atoms with van der Waals surface area (Å²) in [6, 6.07) is 0. The van der Waals surface area contributed by atoms with Gasteiger partial charge >= 0.3 is 11.9 Å². The Labute approximate surface area is 306 Å². The third-order valence-corrected chi connectivity index (χ3v) is 8.33. The minimum absolute atomic E-state index is 0.0417. The summed E-state index contributed by atoms with van der Waals surface area (Å²) in [5.74, 6) is -1.06. The van der Waals surface area contributed by atoms with Crippen molar-refractivity contribution in [2.45, 2.75) is 146 Å². The Balaban J connectivity index is 1.92. The summed E-state index contributed by atoms with van der Waals surface area (Å²) in [5.41, 5.74) is 0. The molecule has 2 aliphatic heterocycles. The van der Waals surface area contributed by atoms with Gasteiger partial charge in [-0.1, -0.05) is 75.3 Å². The zero-order chi connectivity index (χ0) is 38.3. The van der Waals surface area contributed by atoms with E-state index < -0.39 is 99.3 Å². The van der Waals surface area contributed by atoms with Crippen molar-refractivity contribution >= 4 is 11.9 Å². The first-order chi connectivity index (χ1) is 25.0. The monoisotopic (exact) mass is 744 g/mol. The maximum atomic E-state index is 12.7. The van der Waals surface area contributed by atoms with Gasteiger partial charge in [0.1, 0.15) is 55.4 Å². The van der Waals surface area contributed by atoms with E-state index in [0.717, 1.165) is 32.1 Å². The van der Waals surface area contributed by atoms with Crippen molar-refractivity contribution in [1.29, 1.82) is 0 Å². The lowest BCUT2D eigenvalue weighted by molar-refractivity contribution is -0.332. The van der Waals surface area contributed by atoms with Gasteiger partial charge < -0.3 is 64.2 Å². The second kappa shape index (κ2) is 26.3. The van der Waals surface area contributed by atoms with Gasteiger partial charge in [-0.25, -0.2) is 0 Å². The first kappa shape index (κ1) is 45.6. The Morgan fingerprint density at radius 3 is 1.79 bits per heavy atom. The molecule has 2 aliphatic rings. The van der Waals surface area contributed by atoms with E-state index >= 15 is 0 Å². The summed E-state index contributed by atoms with van der Waals surface area (Å²) in [6.45, 7) is 2.12. The number of rotatable bonds is 24. The first-order valence-electron chi connectivity index (χ1n) is 18.2. The molecule has 11 unspecified atom stereocenters. The highest BCUT2D eigenvalue weighted by molar-refractivity contribution is 5.70. The van der Waals surface area contributed by atoms with Gasteiger partial charge in [-0.05, 0) is 38.5 Å². The number of unbranched alkanes of at least 4 members (excludes halogenated alkanes) is 2. The average Bonchev–Trinajstić information content (AvgIpc) is 3.13. The molecule has 0 aromatic carbocycles. The number of ether oxygens (including phenoxy) is 6. The fourth-order valence-corrected chi connectivity index (χ4v) is 5.23.